The van der Waals surface area contributed by atoms with E-state index in [-0.39, 0.29) is 5.11 Å². The number of thiocarbonyl (C=S) groups is 1. The first-order chi connectivity index (χ1) is 6.18. The summed E-state index contributed by atoms with van der Waals surface area (Å²) in [6.07, 6.45) is 0. The quantitative estimate of drug-likeness (QED) is 0.423. The smallest absolute Gasteiger partial charge is 0.234 e. The number of hydrogen-bond acceptors (Lipinski definition) is 3. The average molecular weight is 197 g/mol. The van der Waals surface area contributed by atoms with Gasteiger partial charge in [-0.3, -0.25) is 0 Å². The van der Waals surface area contributed by atoms with Crippen LogP contribution >= 0.6 is 12.2 Å². The second-order valence-corrected chi connectivity index (χ2v) is 2.60. The lowest BCUT2D eigenvalue weighted by molar-refractivity contribution is -0.524. The summed E-state index contributed by atoms with van der Waals surface area (Å²) in [5.74, 6) is 0. The minimum atomic E-state index is -0.710. The molecule has 6 heteroatoms. The average Bonchev–Trinajstić information content (AvgIpc) is 2.04. The molecule has 0 aromatic heterocycles. The molecule has 0 atom stereocenters. The molecule has 0 aliphatic carbocycles. The lowest BCUT2D eigenvalue weighted by Gasteiger charge is -2.03. The van der Waals surface area contributed by atoms with Crippen LogP contribution < -0.4 is 10.7 Å². The van der Waals surface area contributed by atoms with Gasteiger partial charge < -0.3 is 5.32 Å². The molecule has 68 valence electrons. The van der Waals surface area contributed by atoms with Gasteiger partial charge in [-0.2, -0.15) is 0 Å². The third kappa shape index (κ3) is 3.48. The zero-order chi connectivity index (χ0) is 9.68. The van der Waals surface area contributed by atoms with Crippen LogP contribution in [0.5, 0.6) is 0 Å². The highest BCUT2D eigenvalue weighted by atomic mass is 32.1. The van der Waals surface area contributed by atoms with Gasteiger partial charge in [-0.1, -0.05) is 23.6 Å². The van der Waals surface area contributed by atoms with Gasteiger partial charge in [0.15, 0.2) is 5.03 Å². The summed E-state index contributed by atoms with van der Waals surface area (Å²) in [5, 5.41) is 11.9. The van der Waals surface area contributed by atoms with E-state index in [1.165, 1.54) is 0 Å². The number of nitro groups is 1. The van der Waals surface area contributed by atoms with Gasteiger partial charge in [-0.05, 0) is 24.4 Å². The fourth-order valence-electron chi connectivity index (χ4n) is 0.763. The Morgan fingerprint density at radius 1 is 1.38 bits per heavy atom. The van der Waals surface area contributed by atoms with Crippen LogP contribution in [0, 0.1) is 10.1 Å². The van der Waals surface area contributed by atoms with E-state index in [4.69, 9.17) is 0 Å². The number of nitrogens with one attached hydrogen (secondary N) is 2. The Hall–Kier alpha value is -1.69. The number of benzene rings is 1. The van der Waals surface area contributed by atoms with Crippen molar-refractivity contribution in [3.05, 3.63) is 40.4 Å². The van der Waals surface area contributed by atoms with Crippen LogP contribution in [0.25, 0.3) is 0 Å². The molecular weight excluding hydrogens is 190 g/mol. The molecule has 0 radical (unpaired) electrons. The maximum absolute atomic E-state index is 9.97. The summed E-state index contributed by atoms with van der Waals surface area (Å²) >= 11 is 4.65. The fourth-order valence-corrected chi connectivity index (χ4v) is 0.956. The van der Waals surface area contributed by atoms with Crippen LogP contribution in [0.4, 0.5) is 5.69 Å². The number of hydrogen-bond donors (Lipinski definition) is 2. The molecule has 0 aliphatic rings. The molecule has 0 fully saturated rings. The van der Waals surface area contributed by atoms with Crippen molar-refractivity contribution in [3.63, 3.8) is 0 Å². The van der Waals surface area contributed by atoms with E-state index >= 15 is 0 Å². The third-order valence-corrected chi connectivity index (χ3v) is 1.42. The van der Waals surface area contributed by atoms with Crippen molar-refractivity contribution < 1.29 is 5.03 Å². The second kappa shape index (κ2) is 4.36. The summed E-state index contributed by atoms with van der Waals surface area (Å²) in [7, 11) is 0. The first-order valence-corrected chi connectivity index (χ1v) is 3.86. The lowest BCUT2D eigenvalue weighted by Crippen LogP contribution is -2.33. The van der Waals surface area contributed by atoms with Crippen molar-refractivity contribution in [2.75, 3.05) is 5.32 Å². The Kier molecular flexibility index (Phi) is 3.15. The van der Waals surface area contributed by atoms with Gasteiger partial charge >= 0.3 is 0 Å². The van der Waals surface area contributed by atoms with E-state index in [2.05, 4.69) is 17.5 Å². The summed E-state index contributed by atoms with van der Waals surface area (Å²) < 4.78 is 0. The van der Waals surface area contributed by atoms with Crippen molar-refractivity contribution in [1.29, 1.82) is 0 Å². The Morgan fingerprint density at radius 2 is 2.00 bits per heavy atom. The van der Waals surface area contributed by atoms with E-state index in [9.17, 15) is 10.1 Å². The Labute approximate surface area is 79.9 Å². The largest absolute Gasteiger partial charge is 0.328 e. The van der Waals surface area contributed by atoms with E-state index in [0.29, 0.717) is 5.69 Å². The second-order valence-electron chi connectivity index (χ2n) is 2.19. The zero-order valence-corrected chi connectivity index (χ0v) is 7.38. The molecule has 0 saturated carbocycles. The fraction of sp³-hybridized carbons (Fsp3) is 0. The van der Waals surface area contributed by atoms with Crippen LogP contribution in [-0.4, -0.2) is 10.1 Å². The maximum Gasteiger partial charge on any atom is 0.234 e. The molecule has 0 heterocycles. The summed E-state index contributed by atoms with van der Waals surface area (Å²) in [5.41, 5.74) is 2.54. The predicted molar refractivity (Wildman–Crippen MR) is 52.8 cm³/mol. The lowest BCUT2D eigenvalue weighted by atomic mass is 10.3. The third-order valence-electron chi connectivity index (χ3n) is 1.22. The molecule has 1 aromatic carbocycles. The van der Waals surface area contributed by atoms with Gasteiger partial charge in [0.05, 0.1) is 0 Å². The normalized spacial score (nSPS) is 8.92. The Balaban J connectivity index is 2.50. The molecule has 2 N–H and O–H groups in total. The predicted octanol–water partition coefficient (Wildman–Crippen LogP) is 1.16. The molecule has 0 spiro atoms. The SMILES string of the molecule is O=[N+]([O-])NC(=S)Nc1ccccc1. The highest BCUT2D eigenvalue weighted by Gasteiger charge is 2.01. The Morgan fingerprint density at radius 3 is 2.54 bits per heavy atom. The van der Waals surface area contributed by atoms with Crippen LogP contribution in [0.15, 0.2) is 30.3 Å². The summed E-state index contributed by atoms with van der Waals surface area (Å²) in [6, 6.07) is 8.96. The van der Waals surface area contributed by atoms with Crippen LogP contribution in [0.2, 0.25) is 0 Å². The van der Waals surface area contributed by atoms with Gasteiger partial charge in [0.25, 0.3) is 0 Å². The topological polar surface area (TPSA) is 67.2 Å². The Bertz CT molecular complexity index is 315. The number of rotatable bonds is 2. The number of hydrazine groups is 1. The molecule has 1 aromatic rings. The van der Waals surface area contributed by atoms with E-state index < -0.39 is 5.03 Å². The first kappa shape index (κ1) is 9.40. The maximum atomic E-state index is 9.97. The number of para-hydroxylation sites is 1. The molecule has 0 bridgehead atoms. The number of anilines is 1. The van der Waals surface area contributed by atoms with Crippen LogP contribution in [0.3, 0.4) is 0 Å². The molecule has 0 saturated heterocycles. The summed E-state index contributed by atoms with van der Waals surface area (Å²) in [6.45, 7) is 0. The molecule has 1 rings (SSSR count). The van der Waals surface area contributed by atoms with Crippen molar-refractivity contribution >= 4 is 23.0 Å². The molecule has 0 unspecified atom stereocenters. The highest BCUT2D eigenvalue weighted by molar-refractivity contribution is 7.80. The van der Waals surface area contributed by atoms with Gasteiger partial charge in [0.1, 0.15) is 0 Å². The van der Waals surface area contributed by atoms with Crippen LogP contribution in [-0.2, 0) is 0 Å². The van der Waals surface area contributed by atoms with Crippen molar-refractivity contribution in [2.24, 2.45) is 0 Å². The van der Waals surface area contributed by atoms with Crippen molar-refractivity contribution in [1.82, 2.24) is 5.43 Å². The molecule has 0 aliphatic heterocycles. The first-order valence-electron chi connectivity index (χ1n) is 3.45. The monoisotopic (exact) mass is 197 g/mol. The molecule has 0 amide bonds. The van der Waals surface area contributed by atoms with E-state index in [1.54, 1.807) is 24.3 Å². The zero-order valence-electron chi connectivity index (χ0n) is 6.56. The molecular formula is C7H7N3O2S. The van der Waals surface area contributed by atoms with E-state index in [0.717, 1.165) is 0 Å². The molecule has 5 nitrogen and oxygen atoms in total. The molecule has 13 heavy (non-hydrogen) atoms. The van der Waals surface area contributed by atoms with Gasteiger partial charge in [-0.25, -0.2) is 10.1 Å². The van der Waals surface area contributed by atoms with Crippen molar-refractivity contribution in [2.45, 2.75) is 0 Å². The van der Waals surface area contributed by atoms with E-state index in [1.807, 2.05) is 11.5 Å². The van der Waals surface area contributed by atoms with Gasteiger partial charge in [-0.15, -0.1) is 0 Å². The summed E-state index contributed by atoms with van der Waals surface area (Å²) in [4.78, 5) is 9.97. The standard InChI is InChI=1S/C7H7N3O2S/c11-10(12)9-7(13)8-6-4-2-1-3-5-6/h1-5H,(H2,8,9,13). The number of nitrogens with zero attached hydrogens (tertiary/aromatic N) is 1. The van der Waals surface area contributed by atoms with Gasteiger partial charge in [0.2, 0.25) is 5.11 Å². The van der Waals surface area contributed by atoms with Crippen molar-refractivity contribution in [3.8, 4) is 0 Å². The minimum absolute atomic E-state index is 0.0313. The minimum Gasteiger partial charge on any atom is -0.328 e. The highest BCUT2D eigenvalue weighted by Crippen LogP contribution is 2.03. The van der Waals surface area contributed by atoms with Gasteiger partial charge in [0, 0.05) is 5.69 Å². The van der Waals surface area contributed by atoms with Crippen LogP contribution in [0.1, 0.15) is 0 Å².